The van der Waals surface area contributed by atoms with Crippen LogP contribution in [0.25, 0.3) is 0 Å². The maximum absolute atomic E-state index is 12.2. The molecule has 3 aromatic rings. The Morgan fingerprint density at radius 3 is 2.27 bits per heavy atom. The van der Waals surface area contributed by atoms with E-state index in [1.165, 1.54) is 19.3 Å². The van der Waals surface area contributed by atoms with E-state index in [1.54, 1.807) is 30.5 Å². The summed E-state index contributed by atoms with van der Waals surface area (Å²) in [5.41, 5.74) is 2.39. The van der Waals surface area contributed by atoms with Crippen molar-refractivity contribution in [3.63, 3.8) is 0 Å². The summed E-state index contributed by atoms with van der Waals surface area (Å²) in [6.45, 7) is 1.99. The molecule has 130 valence electrons. The predicted octanol–water partition coefficient (Wildman–Crippen LogP) is 2.94. The molecule has 2 aromatic heterocycles. The first kappa shape index (κ1) is 17.2. The van der Waals surface area contributed by atoms with Crippen molar-refractivity contribution in [1.29, 1.82) is 0 Å². The van der Waals surface area contributed by atoms with Gasteiger partial charge in [0.05, 0.1) is 17.8 Å². The van der Waals surface area contributed by atoms with Gasteiger partial charge < -0.3 is 10.6 Å². The number of benzene rings is 1. The highest BCUT2D eigenvalue weighted by Crippen LogP contribution is 2.12. The normalized spacial score (nSPS) is 10.2. The molecule has 1 aromatic carbocycles. The number of hydrogen-bond donors (Lipinski definition) is 2. The standard InChI is InChI=1S/C19H17N5O2/c1-13(25)14-5-7-16(8-6-14)24-18(26)15-10-21-19(22-11-15)23-12-17-4-2-3-9-20-17/h2-11H,12H2,1H3,(H,24,26)(H,21,22,23). The fourth-order valence-electron chi connectivity index (χ4n) is 2.20. The number of ketones is 1. The van der Waals surface area contributed by atoms with E-state index in [0.717, 1.165) is 5.69 Å². The highest BCUT2D eigenvalue weighted by molar-refractivity contribution is 6.04. The molecule has 26 heavy (non-hydrogen) atoms. The number of nitrogens with one attached hydrogen (secondary N) is 2. The van der Waals surface area contributed by atoms with Crippen molar-refractivity contribution in [2.75, 3.05) is 10.6 Å². The minimum absolute atomic E-state index is 0.0231. The average molecular weight is 347 g/mol. The lowest BCUT2D eigenvalue weighted by molar-refractivity contribution is 0.101. The fourth-order valence-corrected chi connectivity index (χ4v) is 2.20. The van der Waals surface area contributed by atoms with Gasteiger partial charge >= 0.3 is 0 Å². The van der Waals surface area contributed by atoms with Crippen molar-refractivity contribution in [3.05, 3.63) is 77.9 Å². The Labute approximate surface area is 150 Å². The molecule has 0 bridgehead atoms. The minimum atomic E-state index is -0.322. The number of carbonyl (C=O) groups is 2. The summed E-state index contributed by atoms with van der Waals surface area (Å²) in [7, 11) is 0. The van der Waals surface area contributed by atoms with E-state index in [2.05, 4.69) is 25.6 Å². The zero-order chi connectivity index (χ0) is 18.4. The topological polar surface area (TPSA) is 96.9 Å². The Balaban J connectivity index is 1.58. The summed E-state index contributed by atoms with van der Waals surface area (Å²) >= 11 is 0. The number of amides is 1. The molecule has 2 heterocycles. The fraction of sp³-hybridized carbons (Fsp3) is 0.105. The quantitative estimate of drug-likeness (QED) is 0.666. The molecule has 0 radical (unpaired) electrons. The molecule has 0 atom stereocenters. The second-order valence-corrected chi connectivity index (χ2v) is 5.56. The molecule has 0 unspecified atom stereocenters. The third-order valence-electron chi connectivity index (χ3n) is 3.62. The summed E-state index contributed by atoms with van der Waals surface area (Å²) in [5, 5.41) is 5.79. The van der Waals surface area contributed by atoms with E-state index in [9.17, 15) is 9.59 Å². The molecule has 0 spiro atoms. The second kappa shape index (κ2) is 7.98. The lowest BCUT2D eigenvalue weighted by Gasteiger charge is -2.07. The van der Waals surface area contributed by atoms with Crippen molar-refractivity contribution in [3.8, 4) is 0 Å². The van der Waals surface area contributed by atoms with E-state index in [0.29, 0.717) is 29.3 Å². The molecule has 2 N–H and O–H groups in total. The Morgan fingerprint density at radius 2 is 1.65 bits per heavy atom. The van der Waals surface area contributed by atoms with Gasteiger partial charge in [-0.3, -0.25) is 14.6 Å². The minimum Gasteiger partial charge on any atom is -0.349 e. The van der Waals surface area contributed by atoms with Crippen LogP contribution in [0.3, 0.4) is 0 Å². The van der Waals surface area contributed by atoms with Crippen LogP contribution in [0.5, 0.6) is 0 Å². The Kier molecular flexibility index (Phi) is 5.28. The third-order valence-corrected chi connectivity index (χ3v) is 3.62. The molecule has 7 nitrogen and oxygen atoms in total. The molecular formula is C19H17N5O2. The van der Waals surface area contributed by atoms with Crippen LogP contribution in [0.2, 0.25) is 0 Å². The highest BCUT2D eigenvalue weighted by atomic mass is 16.1. The first-order chi connectivity index (χ1) is 12.6. The van der Waals surface area contributed by atoms with Crippen LogP contribution in [0.4, 0.5) is 11.6 Å². The number of anilines is 2. The molecule has 7 heteroatoms. The van der Waals surface area contributed by atoms with Crippen LogP contribution in [-0.4, -0.2) is 26.6 Å². The second-order valence-electron chi connectivity index (χ2n) is 5.56. The number of rotatable bonds is 6. The van der Waals surface area contributed by atoms with Gasteiger partial charge in [0.15, 0.2) is 5.78 Å². The molecule has 0 aliphatic heterocycles. The van der Waals surface area contributed by atoms with E-state index < -0.39 is 0 Å². The summed E-state index contributed by atoms with van der Waals surface area (Å²) in [6.07, 6.45) is 4.62. The lowest BCUT2D eigenvalue weighted by Crippen LogP contribution is -2.13. The summed E-state index contributed by atoms with van der Waals surface area (Å²) in [4.78, 5) is 36.0. The van der Waals surface area contributed by atoms with Gasteiger partial charge in [-0.15, -0.1) is 0 Å². The highest BCUT2D eigenvalue weighted by Gasteiger charge is 2.08. The summed E-state index contributed by atoms with van der Waals surface area (Å²) in [6, 6.07) is 12.3. The van der Waals surface area contributed by atoms with E-state index >= 15 is 0 Å². The van der Waals surface area contributed by atoms with Crippen molar-refractivity contribution >= 4 is 23.3 Å². The average Bonchev–Trinajstić information content (AvgIpc) is 2.68. The molecule has 0 fully saturated rings. The zero-order valence-corrected chi connectivity index (χ0v) is 14.1. The van der Waals surface area contributed by atoms with Crippen molar-refractivity contribution in [2.24, 2.45) is 0 Å². The van der Waals surface area contributed by atoms with Gasteiger partial charge in [0, 0.05) is 29.8 Å². The predicted molar refractivity (Wildman–Crippen MR) is 98.0 cm³/mol. The van der Waals surface area contributed by atoms with Gasteiger partial charge in [-0.2, -0.15) is 0 Å². The van der Waals surface area contributed by atoms with Crippen molar-refractivity contribution in [1.82, 2.24) is 15.0 Å². The maximum atomic E-state index is 12.2. The Morgan fingerprint density at radius 1 is 0.923 bits per heavy atom. The lowest BCUT2D eigenvalue weighted by atomic mass is 10.1. The van der Waals surface area contributed by atoms with Crippen LogP contribution in [0, 0.1) is 0 Å². The smallest absolute Gasteiger partial charge is 0.258 e. The van der Waals surface area contributed by atoms with Crippen LogP contribution in [0.1, 0.15) is 33.3 Å². The van der Waals surface area contributed by atoms with Crippen molar-refractivity contribution in [2.45, 2.75) is 13.5 Å². The maximum Gasteiger partial charge on any atom is 0.258 e. The zero-order valence-electron chi connectivity index (χ0n) is 14.1. The summed E-state index contributed by atoms with van der Waals surface area (Å²) in [5.74, 6) is 0.0694. The molecule has 1 amide bonds. The van der Waals surface area contributed by atoms with Gasteiger partial charge in [0.1, 0.15) is 0 Å². The number of pyridine rings is 1. The van der Waals surface area contributed by atoms with Crippen LogP contribution in [0.15, 0.2) is 61.1 Å². The number of aromatic nitrogens is 3. The van der Waals surface area contributed by atoms with Gasteiger partial charge in [0.25, 0.3) is 5.91 Å². The molecule has 0 saturated heterocycles. The van der Waals surface area contributed by atoms with Crippen LogP contribution in [-0.2, 0) is 6.54 Å². The van der Waals surface area contributed by atoms with Crippen LogP contribution < -0.4 is 10.6 Å². The monoisotopic (exact) mass is 347 g/mol. The molecule has 0 aliphatic rings. The number of nitrogens with zero attached hydrogens (tertiary/aromatic N) is 3. The van der Waals surface area contributed by atoms with E-state index in [1.807, 2.05) is 18.2 Å². The van der Waals surface area contributed by atoms with Gasteiger partial charge in [-0.25, -0.2) is 9.97 Å². The van der Waals surface area contributed by atoms with Gasteiger partial charge in [0.2, 0.25) is 5.95 Å². The molecular weight excluding hydrogens is 330 g/mol. The van der Waals surface area contributed by atoms with E-state index in [-0.39, 0.29) is 11.7 Å². The Hall–Kier alpha value is -3.61. The first-order valence-electron chi connectivity index (χ1n) is 8.00. The molecule has 3 rings (SSSR count). The first-order valence-corrected chi connectivity index (χ1v) is 8.00. The largest absolute Gasteiger partial charge is 0.349 e. The number of Topliss-reactive ketones (excluding diaryl/α,β-unsaturated/α-hetero) is 1. The number of carbonyl (C=O) groups excluding carboxylic acids is 2. The Bertz CT molecular complexity index is 893. The number of hydrogen-bond acceptors (Lipinski definition) is 6. The van der Waals surface area contributed by atoms with Crippen LogP contribution >= 0.6 is 0 Å². The van der Waals surface area contributed by atoms with Gasteiger partial charge in [-0.05, 0) is 43.3 Å². The molecule has 0 aliphatic carbocycles. The summed E-state index contributed by atoms with van der Waals surface area (Å²) < 4.78 is 0. The van der Waals surface area contributed by atoms with Gasteiger partial charge in [-0.1, -0.05) is 6.07 Å². The SMILES string of the molecule is CC(=O)c1ccc(NC(=O)c2cnc(NCc3ccccn3)nc2)cc1. The van der Waals surface area contributed by atoms with E-state index in [4.69, 9.17) is 0 Å². The van der Waals surface area contributed by atoms with Crippen molar-refractivity contribution < 1.29 is 9.59 Å². The third kappa shape index (κ3) is 4.47. The molecule has 0 saturated carbocycles.